The Labute approximate surface area is 316 Å². The summed E-state index contributed by atoms with van der Waals surface area (Å²) in [6.45, 7) is 14.4. The SMILES string of the molecule is CCOc1cc(C(C)(C)C)ncc1C1=N[C@@](C)(c2ccc(Cl)cc2)[C@@](C)(c2ccc(Cl)cc2)N1C(=O)N1CCN(CC(=O)N(CCO)CCO)CC1. The van der Waals surface area contributed by atoms with E-state index in [2.05, 4.69) is 20.8 Å². The maximum Gasteiger partial charge on any atom is 0.326 e. The number of amides is 3. The Balaban J connectivity index is 1.61. The van der Waals surface area contributed by atoms with E-state index in [0.717, 1.165) is 16.8 Å². The van der Waals surface area contributed by atoms with Gasteiger partial charge in [0.25, 0.3) is 0 Å². The van der Waals surface area contributed by atoms with Crippen LogP contribution in [0.3, 0.4) is 0 Å². The number of carbonyl (C=O) groups excluding carboxylic acids is 2. The molecule has 0 spiro atoms. The van der Waals surface area contributed by atoms with Crippen LogP contribution in [0.5, 0.6) is 5.75 Å². The van der Waals surface area contributed by atoms with Gasteiger partial charge in [0.05, 0.1) is 31.9 Å². The number of piperazine rings is 1. The number of aliphatic hydroxyl groups is 2. The van der Waals surface area contributed by atoms with Crippen molar-refractivity contribution in [3.63, 3.8) is 0 Å². The van der Waals surface area contributed by atoms with E-state index in [1.807, 2.05) is 80.3 Å². The summed E-state index contributed by atoms with van der Waals surface area (Å²) in [4.78, 5) is 45.6. The lowest BCUT2D eigenvalue weighted by atomic mass is 9.71. The van der Waals surface area contributed by atoms with E-state index in [-0.39, 0.29) is 50.2 Å². The van der Waals surface area contributed by atoms with E-state index >= 15 is 4.79 Å². The van der Waals surface area contributed by atoms with E-state index in [0.29, 0.717) is 60.0 Å². The number of carbonyl (C=O) groups is 2. The summed E-state index contributed by atoms with van der Waals surface area (Å²) < 4.78 is 6.26. The Kier molecular flexibility index (Phi) is 12.2. The van der Waals surface area contributed by atoms with Gasteiger partial charge in [-0.3, -0.25) is 24.6 Å². The second-order valence-electron chi connectivity index (χ2n) is 14.6. The molecule has 13 heteroatoms. The van der Waals surface area contributed by atoms with E-state index in [1.165, 1.54) is 4.90 Å². The minimum atomic E-state index is -1.08. The predicted molar refractivity (Wildman–Crippen MR) is 204 cm³/mol. The van der Waals surface area contributed by atoms with Crippen LogP contribution in [0.15, 0.2) is 65.8 Å². The van der Waals surface area contributed by atoms with Crippen molar-refractivity contribution in [3.05, 3.63) is 93.2 Å². The standard InChI is InChI=1S/C39H50Cl2N6O5/c1-7-52-32-24-33(37(2,3)4)42-25-31(32)35-43-38(5,27-8-12-29(40)13-9-27)39(6,28-10-14-30(41)15-11-28)47(35)36(51)46-18-16-44(17-19-46)26-34(50)45(20-22-48)21-23-49/h8-15,24-25,48-49H,7,16-23,26H2,1-6H3/t38-,39+/m0/s1. The first kappa shape index (κ1) is 39.5. The average molecular weight is 754 g/mol. The highest BCUT2D eigenvalue weighted by molar-refractivity contribution is 6.30. The Morgan fingerprint density at radius 1 is 0.904 bits per heavy atom. The maximum absolute atomic E-state index is 15.2. The van der Waals surface area contributed by atoms with Crippen molar-refractivity contribution in [1.82, 2.24) is 24.6 Å². The van der Waals surface area contributed by atoms with Gasteiger partial charge in [0.1, 0.15) is 22.7 Å². The van der Waals surface area contributed by atoms with Crippen molar-refractivity contribution < 1.29 is 24.5 Å². The normalized spacial score (nSPS) is 20.9. The molecule has 2 N–H and O–H groups in total. The molecule has 3 heterocycles. The van der Waals surface area contributed by atoms with Crippen molar-refractivity contribution in [2.75, 3.05) is 65.6 Å². The highest BCUT2D eigenvalue weighted by atomic mass is 35.5. The van der Waals surface area contributed by atoms with Crippen LogP contribution >= 0.6 is 23.2 Å². The van der Waals surface area contributed by atoms with Crippen LogP contribution in [-0.4, -0.2) is 118 Å². The zero-order chi connectivity index (χ0) is 37.8. The van der Waals surface area contributed by atoms with Crippen LogP contribution in [-0.2, 0) is 21.3 Å². The molecule has 2 aliphatic heterocycles. The fourth-order valence-electron chi connectivity index (χ4n) is 6.99. The lowest BCUT2D eigenvalue weighted by molar-refractivity contribution is -0.133. The lowest BCUT2D eigenvalue weighted by Gasteiger charge is -2.47. The number of aliphatic hydroxyl groups excluding tert-OH is 2. The molecule has 0 saturated carbocycles. The summed E-state index contributed by atoms with van der Waals surface area (Å²) in [5, 5.41) is 20.0. The Morgan fingerprint density at radius 2 is 1.46 bits per heavy atom. The average Bonchev–Trinajstić information content (AvgIpc) is 3.36. The minimum Gasteiger partial charge on any atom is -0.493 e. The van der Waals surface area contributed by atoms with Gasteiger partial charge in [0.2, 0.25) is 5.91 Å². The number of urea groups is 1. The summed E-state index contributed by atoms with van der Waals surface area (Å²) in [5.74, 6) is 0.828. The van der Waals surface area contributed by atoms with Crippen LogP contribution < -0.4 is 4.74 Å². The fourth-order valence-corrected chi connectivity index (χ4v) is 7.24. The zero-order valence-electron chi connectivity index (χ0n) is 30.9. The molecule has 0 aliphatic carbocycles. The van der Waals surface area contributed by atoms with Crippen molar-refractivity contribution in [3.8, 4) is 5.75 Å². The van der Waals surface area contributed by atoms with Crippen molar-refractivity contribution >= 4 is 41.0 Å². The largest absolute Gasteiger partial charge is 0.493 e. The number of nitrogens with zero attached hydrogens (tertiary/aromatic N) is 6. The molecule has 52 heavy (non-hydrogen) atoms. The molecule has 0 bridgehead atoms. The van der Waals surface area contributed by atoms with Gasteiger partial charge in [0.15, 0.2) is 0 Å². The topological polar surface area (TPSA) is 122 Å². The molecule has 5 rings (SSSR count). The summed E-state index contributed by atoms with van der Waals surface area (Å²) >= 11 is 12.8. The maximum atomic E-state index is 15.2. The molecule has 2 aliphatic rings. The van der Waals surface area contributed by atoms with E-state index in [9.17, 15) is 15.0 Å². The third kappa shape index (κ3) is 7.79. The summed E-state index contributed by atoms with van der Waals surface area (Å²) in [7, 11) is 0. The molecule has 1 aromatic heterocycles. The molecule has 3 aromatic rings. The lowest BCUT2D eigenvalue weighted by Crippen LogP contribution is -2.61. The Hall–Kier alpha value is -3.74. The van der Waals surface area contributed by atoms with Gasteiger partial charge in [0, 0.05) is 72.7 Å². The number of ether oxygens (including phenoxy) is 1. The molecule has 1 fully saturated rings. The summed E-state index contributed by atoms with van der Waals surface area (Å²) in [6, 6.07) is 16.8. The highest BCUT2D eigenvalue weighted by Crippen LogP contribution is 2.54. The van der Waals surface area contributed by atoms with Crippen LogP contribution in [0, 0.1) is 0 Å². The third-order valence-corrected chi connectivity index (χ3v) is 10.7. The number of halogens is 2. The van der Waals surface area contributed by atoms with Gasteiger partial charge >= 0.3 is 6.03 Å². The first-order valence-electron chi connectivity index (χ1n) is 17.7. The van der Waals surface area contributed by atoms with Gasteiger partial charge in [-0.25, -0.2) is 4.79 Å². The fraction of sp³-hybridized carbons (Fsp3) is 0.487. The summed E-state index contributed by atoms with van der Waals surface area (Å²) in [5.41, 5.74) is 0.791. The molecule has 2 atom stereocenters. The first-order valence-corrected chi connectivity index (χ1v) is 18.5. The molecule has 0 radical (unpaired) electrons. The van der Waals surface area contributed by atoms with Crippen LogP contribution in [0.1, 0.15) is 63.9 Å². The molecule has 11 nitrogen and oxygen atoms in total. The quantitative estimate of drug-likeness (QED) is 0.264. The minimum absolute atomic E-state index is 0.124. The molecule has 1 saturated heterocycles. The Morgan fingerprint density at radius 3 is 1.98 bits per heavy atom. The first-order chi connectivity index (χ1) is 24.7. The monoisotopic (exact) mass is 752 g/mol. The molecule has 280 valence electrons. The predicted octanol–water partition coefficient (Wildman–Crippen LogP) is 5.53. The van der Waals surface area contributed by atoms with Gasteiger partial charge in [-0.15, -0.1) is 0 Å². The molecular formula is C39H50Cl2N6O5. The number of benzene rings is 2. The molecular weight excluding hydrogens is 703 g/mol. The highest BCUT2D eigenvalue weighted by Gasteiger charge is 2.60. The van der Waals surface area contributed by atoms with Crippen LogP contribution in [0.25, 0.3) is 0 Å². The zero-order valence-corrected chi connectivity index (χ0v) is 32.4. The number of amidine groups is 1. The molecule has 3 amide bonds. The van der Waals surface area contributed by atoms with Gasteiger partial charge < -0.3 is 24.7 Å². The number of aromatic nitrogens is 1. The van der Waals surface area contributed by atoms with Gasteiger partial charge in [-0.2, -0.15) is 0 Å². The Bertz CT molecular complexity index is 1750. The van der Waals surface area contributed by atoms with Crippen molar-refractivity contribution in [1.29, 1.82) is 0 Å². The van der Waals surface area contributed by atoms with Gasteiger partial charge in [-0.05, 0) is 56.2 Å². The second kappa shape index (κ2) is 16.1. The number of pyridine rings is 1. The van der Waals surface area contributed by atoms with Crippen molar-refractivity contribution in [2.24, 2.45) is 4.99 Å². The number of rotatable bonds is 11. The van der Waals surface area contributed by atoms with E-state index in [4.69, 9.17) is 37.9 Å². The van der Waals surface area contributed by atoms with Crippen molar-refractivity contribution in [2.45, 2.75) is 58.0 Å². The molecule has 0 unspecified atom stereocenters. The van der Waals surface area contributed by atoms with Crippen LogP contribution in [0.4, 0.5) is 4.79 Å². The third-order valence-electron chi connectivity index (χ3n) is 10.2. The smallest absolute Gasteiger partial charge is 0.326 e. The number of hydrogen-bond donors (Lipinski definition) is 2. The number of hydrogen-bond acceptors (Lipinski definition) is 8. The summed E-state index contributed by atoms with van der Waals surface area (Å²) in [6.07, 6.45) is 1.76. The van der Waals surface area contributed by atoms with Crippen LogP contribution in [0.2, 0.25) is 10.0 Å². The second-order valence-corrected chi connectivity index (χ2v) is 15.4. The van der Waals surface area contributed by atoms with Gasteiger partial charge in [-0.1, -0.05) is 68.2 Å². The van der Waals surface area contributed by atoms with E-state index < -0.39 is 11.1 Å². The molecule has 2 aromatic carbocycles. The van der Waals surface area contributed by atoms with E-state index in [1.54, 1.807) is 16.0 Å². The number of aliphatic imine (C=N–C) groups is 1.